The van der Waals surface area contributed by atoms with E-state index in [1.807, 2.05) is 19.0 Å². The van der Waals surface area contributed by atoms with Crippen molar-refractivity contribution < 1.29 is 0 Å². The van der Waals surface area contributed by atoms with Crippen molar-refractivity contribution in [3.8, 4) is 0 Å². The molecule has 2 rings (SSSR count). The van der Waals surface area contributed by atoms with Crippen molar-refractivity contribution in [3.63, 3.8) is 0 Å². The molecule has 7 heteroatoms. The van der Waals surface area contributed by atoms with E-state index in [9.17, 15) is 0 Å². The van der Waals surface area contributed by atoms with Crippen LogP contribution >= 0.6 is 11.3 Å². The molecule has 0 fully saturated rings. The average Bonchev–Trinajstić information content (AvgIpc) is 2.96. The fourth-order valence-electron chi connectivity index (χ4n) is 1.53. The van der Waals surface area contributed by atoms with Crippen molar-refractivity contribution in [2.75, 3.05) is 36.2 Å². The number of hydrogen-bond donors (Lipinski definition) is 2. The predicted molar refractivity (Wildman–Crippen MR) is 84.6 cm³/mol. The fourth-order valence-corrected chi connectivity index (χ4v) is 2.20. The van der Waals surface area contributed by atoms with Crippen LogP contribution in [0.1, 0.15) is 18.9 Å². The van der Waals surface area contributed by atoms with Gasteiger partial charge in [-0.1, -0.05) is 6.92 Å². The Hall–Kier alpha value is -1.89. The first-order valence-corrected chi connectivity index (χ1v) is 7.55. The molecule has 2 heterocycles. The second-order valence-corrected chi connectivity index (χ2v) is 5.37. The normalized spacial score (nSPS) is 10.3. The van der Waals surface area contributed by atoms with Crippen LogP contribution in [0.15, 0.2) is 16.8 Å². The first kappa shape index (κ1) is 14.5. The van der Waals surface area contributed by atoms with Crippen LogP contribution in [0.3, 0.4) is 0 Å². The molecular weight excluding hydrogens is 272 g/mol. The van der Waals surface area contributed by atoms with Crippen LogP contribution < -0.4 is 15.5 Å². The van der Waals surface area contributed by atoms with Crippen LogP contribution in [0.2, 0.25) is 0 Å². The molecule has 0 aliphatic carbocycles. The molecule has 2 aromatic heterocycles. The maximum Gasteiger partial charge on any atom is 0.231 e. The van der Waals surface area contributed by atoms with E-state index in [0.29, 0.717) is 24.4 Å². The molecule has 6 nitrogen and oxygen atoms in total. The van der Waals surface area contributed by atoms with E-state index in [1.54, 1.807) is 11.3 Å². The molecule has 0 amide bonds. The highest BCUT2D eigenvalue weighted by molar-refractivity contribution is 7.07. The van der Waals surface area contributed by atoms with Crippen molar-refractivity contribution >= 4 is 29.2 Å². The van der Waals surface area contributed by atoms with Crippen LogP contribution in [0.25, 0.3) is 0 Å². The first-order valence-electron chi connectivity index (χ1n) is 6.61. The highest BCUT2D eigenvalue weighted by atomic mass is 32.1. The fraction of sp³-hybridized carbons (Fsp3) is 0.462. The van der Waals surface area contributed by atoms with Crippen LogP contribution in [-0.4, -0.2) is 35.6 Å². The van der Waals surface area contributed by atoms with Gasteiger partial charge in [0.15, 0.2) is 0 Å². The zero-order valence-corrected chi connectivity index (χ0v) is 12.9. The summed E-state index contributed by atoms with van der Waals surface area (Å²) >= 11 is 1.68. The molecule has 0 saturated heterocycles. The number of rotatable bonds is 7. The molecule has 0 aliphatic heterocycles. The lowest BCUT2D eigenvalue weighted by atomic mass is 10.3. The smallest absolute Gasteiger partial charge is 0.231 e. The summed E-state index contributed by atoms with van der Waals surface area (Å²) in [6, 6.07) is 2.09. The lowest BCUT2D eigenvalue weighted by Crippen LogP contribution is -2.17. The predicted octanol–water partition coefficient (Wildman–Crippen LogP) is 2.43. The van der Waals surface area contributed by atoms with Crippen LogP contribution in [-0.2, 0) is 6.54 Å². The third-order valence-corrected chi connectivity index (χ3v) is 3.32. The van der Waals surface area contributed by atoms with Crippen LogP contribution in [0, 0.1) is 0 Å². The van der Waals surface area contributed by atoms with Gasteiger partial charge in [0, 0.05) is 27.2 Å². The van der Waals surface area contributed by atoms with Gasteiger partial charge in [0.25, 0.3) is 0 Å². The molecule has 0 aromatic carbocycles. The molecule has 0 spiro atoms. The van der Waals surface area contributed by atoms with Crippen molar-refractivity contribution in [3.05, 3.63) is 22.4 Å². The van der Waals surface area contributed by atoms with E-state index in [1.165, 1.54) is 5.56 Å². The third-order valence-electron chi connectivity index (χ3n) is 2.59. The van der Waals surface area contributed by atoms with Crippen molar-refractivity contribution in [1.82, 2.24) is 15.0 Å². The van der Waals surface area contributed by atoms with Gasteiger partial charge < -0.3 is 15.5 Å². The minimum absolute atomic E-state index is 0.591. The lowest BCUT2D eigenvalue weighted by Gasteiger charge is -2.13. The number of aromatic nitrogens is 3. The Morgan fingerprint density at radius 2 is 1.90 bits per heavy atom. The first-order chi connectivity index (χ1) is 9.69. The Morgan fingerprint density at radius 3 is 2.50 bits per heavy atom. The van der Waals surface area contributed by atoms with Gasteiger partial charge >= 0.3 is 0 Å². The van der Waals surface area contributed by atoms with E-state index >= 15 is 0 Å². The summed E-state index contributed by atoms with van der Waals surface area (Å²) in [6.07, 6.45) is 1.03. The standard InChI is InChI=1S/C13H20N6S/c1-4-6-14-11-16-12(18-13(17-11)19(2)3)15-8-10-5-7-20-9-10/h5,7,9H,4,6,8H2,1-3H3,(H2,14,15,16,17,18). The molecule has 0 saturated carbocycles. The summed E-state index contributed by atoms with van der Waals surface area (Å²) in [5.74, 6) is 1.85. The highest BCUT2D eigenvalue weighted by Crippen LogP contribution is 2.13. The van der Waals surface area contributed by atoms with Gasteiger partial charge in [0.2, 0.25) is 17.8 Å². The van der Waals surface area contributed by atoms with Gasteiger partial charge in [-0.05, 0) is 28.8 Å². The van der Waals surface area contributed by atoms with Crippen molar-refractivity contribution in [2.24, 2.45) is 0 Å². The van der Waals surface area contributed by atoms with Crippen LogP contribution in [0.5, 0.6) is 0 Å². The van der Waals surface area contributed by atoms with E-state index in [2.05, 4.69) is 49.3 Å². The molecule has 0 radical (unpaired) electrons. The Balaban J connectivity index is 2.11. The van der Waals surface area contributed by atoms with Gasteiger partial charge in [-0.2, -0.15) is 26.3 Å². The Labute approximate surface area is 123 Å². The summed E-state index contributed by atoms with van der Waals surface area (Å²) in [7, 11) is 3.84. The Kier molecular flexibility index (Phi) is 5.11. The maximum absolute atomic E-state index is 4.40. The van der Waals surface area contributed by atoms with E-state index in [0.717, 1.165) is 13.0 Å². The van der Waals surface area contributed by atoms with E-state index < -0.39 is 0 Å². The molecule has 2 aromatic rings. The number of nitrogens with one attached hydrogen (secondary N) is 2. The number of nitrogens with zero attached hydrogens (tertiary/aromatic N) is 4. The Morgan fingerprint density at radius 1 is 1.15 bits per heavy atom. The maximum atomic E-state index is 4.40. The molecule has 0 aliphatic rings. The highest BCUT2D eigenvalue weighted by Gasteiger charge is 2.07. The third kappa shape index (κ3) is 4.06. The molecule has 108 valence electrons. The zero-order chi connectivity index (χ0) is 14.4. The summed E-state index contributed by atoms with van der Waals surface area (Å²) in [5, 5.41) is 10.6. The summed E-state index contributed by atoms with van der Waals surface area (Å²) in [6.45, 7) is 3.67. The van der Waals surface area contributed by atoms with E-state index in [-0.39, 0.29) is 0 Å². The average molecular weight is 292 g/mol. The monoisotopic (exact) mass is 292 g/mol. The quantitative estimate of drug-likeness (QED) is 0.817. The van der Waals surface area contributed by atoms with Crippen LogP contribution in [0.4, 0.5) is 17.8 Å². The van der Waals surface area contributed by atoms with Gasteiger partial charge in [-0.25, -0.2) is 0 Å². The lowest BCUT2D eigenvalue weighted by molar-refractivity contribution is 0.910. The van der Waals surface area contributed by atoms with Gasteiger partial charge in [0.1, 0.15) is 0 Å². The van der Waals surface area contributed by atoms with E-state index in [4.69, 9.17) is 0 Å². The summed E-state index contributed by atoms with van der Waals surface area (Å²) in [5.41, 5.74) is 1.23. The Bertz CT molecular complexity index is 526. The molecule has 0 unspecified atom stereocenters. The minimum atomic E-state index is 0.591. The SMILES string of the molecule is CCCNc1nc(NCc2ccsc2)nc(N(C)C)n1. The van der Waals surface area contributed by atoms with Gasteiger partial charge in [0.05, 0.1) is 0 Å². The molecule has 2 N–H and O–H groups in total. The number of hydrogen-bond acceptors (Lipinski definition) is 7. The van der Waals surface area contributed by atoms with Gasteiger partial charge in [-0.3, -0.25) is 0 Å². The second kappa shape index (κ2) is 7.04. The zero-order valence-electron chi connectivity index (χ0n) is 12.1. The summed E-state index contributed by atoms with van der Waals surface area (Å²) in [4.78, 5) is 15.0. The summed E-state index contributed by atoms with van der Waals surface area (Å²) < 4.78 is 0. The number of anilines is 3. The molecule has 0 atom stereocenters. The minimum Gasteiger partial charge on any atom is -0.354 e. The van der Waals surface area contributed by atoms with Crippen molar-refractivity contribution in [2.45, 2.75) is 19.9 Å². The van der Waals surface area contributed by atoms with Gasteiger partial charge in [-0.15, -0.1) is 0 Å². The largest absolute Gasteiger partial charge is 0.354 e. The molecule has 0 bridgehead atoms. The number of thiophene rings is 1. The molecule has 20 heavy (non-hydrogen) atoms. The second-order valence-electron chi connectivity index (χ2n) is 4.59. The topological polar surface area (TPSA) is 66.0 Å². The van der Waals surface area contributed by atoms with Crippen molar-refractivity contribution in [1.29, 1.82) is 0 Å². The molecular formula is C13H20N6S.